The van der Waals surface area contributed by atoms with E-state index < -0.39 is 11.2 Å². The zero-order valence-corrected chi connectivity index (χ0v) is 14.3. The number of nitrogens with zero attached hydrogens (tertiary/aromatic N) is 3. The standard InChI is InChI=1S/C18H22N4O3/c1-21(14-8-3-2-4-9-14)16(23)15-11-20-18(25)22(17(15)24)12-13-7-5-6-10-19-13/h5-7,10-11,14H,2-4,8-9,12H2,1H3,(H,20,25). The van der Waals surface area contributed by atoms with Crippen LogP contribution in [0.3, 0.4) is 0 Å². The first-order valence-electron chi connectivity index (χ1n) is 8.57. The van der Waals surface area contributed by atoms with Crippen molar-refractivity contribution < 1.29 is 4.79 Å². The second-order valence-corrected chi connectivity index (χ2v) is 6.43. The smallest absolute Gasteiger partial charge is 0.328 e. The van der Waals surface area contributed by atoms with Gasteiger partial charge in [-0.05, 0) is 25.0 Å². The fourth-order valence-corrected chi connectivity index (χ4v) is 3.29. The molecule has 2 aromatic heterocycles. The van der Waals surface area contributed by atoms with Gasteiger partial charge in [0.15, 0.2) is 0 Å². The van der Waals surface area contributed by atoms with Gasteiger partial charge in [0.2, 0.25) is 0 Å². The summed E-state index contributed by atoms with van der Waals surface area (Å²) in [4.78, 5) is 45.8. The molecule has 1 fully saturated rings. The molecule has 0 unspecified atom stereocenters. The van der Waals surface area contributed by atoms with Crippen LogP contribution in [0.5, 0.6) is 0 Å². The Bertz CT molecular complexity index is 851. The highest BCUT2D eigenvalue weighted by Crippen LogP contribution is 2.22. The Hall–Kier alpha value is -2.70. The van der Waals surface area contributed by atoms with Crippen LogP contribution in [0.2, 0.25) is 0 Å². The van der Waals surface area contributed by atoms with Gasteiger partial charge in [0, 0.05) is 25.5 Å². The van der Waals surface area contributed by atoms with Gasteiger partial charge >= 0.3 is 5.69 Å². The monoisotopic (exact) mass is 342 g/mol. The summed E-state index contributed by atoms with van der Waals surface area (Å²) in [5.74, 6) is -0.345. The Morgan fingerprint density at radius 3 is 2.72 bits per heavy atom. The van der Waals surface area contributed by atoms with E-state index in [0.29, 0.717) is 5.69 Å². The van der Waals surface area contributed by atoms with Gasteiger partial charge in [-0.1, -0.05) is 25.3 Å². The van der Waals surface area contributed by atoms with Crippen LogP contribution < -0.4 is 11.2 Å². The van der Waals surface area contributed by atoms with E-state index >= 15 is 0 Å². The molecule has 25 heavy (non-hydrogen) atoms. The Morgan fingerprint density at radius 2 is 2.04 bits per heavy atom. The van der Waals surface area contributed by atoms with Crippen LogP contribution in [-0.4, -0.2) is 38.4 Å². The number of carbonyl (C=O) groups excluding carboxylic acids is 1. The van der Waals surface area contributed by atoms with Crippen molar-refractivity contribution in [3.05, 3.63) is 62.7 Å². The Kier molecular flexibility index (Phi) is 5.11. The maximum Gasteiger partial charge on any atom is 0.328 e. The van der Waals surface area contributed by atoms with Gasteiger partial charge in [-0.2, -0.15) is 0 Å². The molecule has 1 N–H and O–H groups in total. The van der Waals surface area contributed by atoms with E-state index in [1.165, 1.54) is 12.6 Å². The maximum absolute atomic E-state index is 12.8. The summed E-state index contributed by atoms with van der Waals surface area (Å²) in [5, 5.41) is 0. The third-order valence-electron chi connectivity index (χ3n) is 4.78. The SMILES string of the molecule is CN(C(=O)c1c[nH]c(=O)n(Cc2ccccn2)c1=O)C1CCCCC1. The topological polar surface area (TPSA) is 88.1 Å². The van der Waals surface area contributed by atoms with Crippen LogP contribution in [0.1, 0.15) is 48.2 Å². The first kappa shape index (κ1) is 17.1. The van der Waals surface area contributed by atoms with E-state index in [2.05, 4.69) is 9.97 Å². The molecule has 0 aliphatic heterocycles. The van der Waals surface area contributed by atoms with Gasteiger partial charge in [-0.15, -0.1) is 0 Å². The molecule has 132 valence electrons. The summed E-state index contributed by atoms with van der Waals surface area (Å²) >= 11 is 0. The first-order chi connectivity index (χ1) is 12.1. The molecule has 0 aromatic carbocycles. The van der Waals surface area contributed by atoms with Gasteiger partial charge in [0.05, 0.1) is 12.2 Å². The Balaban J connectivity index is 1.89. The molecule has 2 heterocycles. The van der Waals surface area contributed by atoms with Crippen molar-refractivity contribution in [2.45, 2.75) is 44.7 Å². The van der Waals surface area contributed by atoms with Crippen molar-refractivity contribution in [2.75, 3.05) is 7.05 Å². The lowest BCUT2D eigenvalue weighted by Crippen LogP contribution is -2.44. The van der Waals surface area contributed by atoms with Crippen LogP contribution in [0, 0.1) is 0 Å². The van der Waals surface area contributed by atoms with Crippen molar-refractivity contribution in [1.82, 2.24) is 19.4 Å². The molecular formula is C18H22N4O3. The molecule has 1 aliphatic carbocycles. The van der Waals surface area contributed by atoms with E-state index in [9.17, 15) is 14.4 Å². The number of hydrogen-bond donors (Lipinski definition) is 1. The van der Waals surface area contributed by atoms with Crippen molar-refractivity contribution >= 4 is 5.91 Å². The molecular weight excluding hydrogens is 320 g/mol. The zero-order valence-electron chi connectivity index (χ0n) is 14.3. The van der Waals surface area contributed by atoms with Gasteiger partial charge < -0.3 is 9.88 Å². The second kappa shape index (κ2) is 7.46. The number of amides is 1. The lowest BCUT2D eigenvalue weighted by atomic mass is 9.94. The lowest BCUT2D eigenvalue weighted by Gasteiger charge is -2.31. The average molecular weight is 342 g/mol. The number of aromatic amines is 1. The summed E-state index contributed by atoms with van der Waals surface area (Å²) in [6.07, 6.45) is 8.10. The van der Waals surface area contributed by atoms with Crippen LogP contribution in [-0.2, 0) is 6.54 Å². The van der Waals surface area contributed by atoms with Gasteiger partial charge in [-0.3, -0.25) is 19.1 Å². The lowest BCUT2D eigenvalue weighted by molar-refractivity contribution is 0.0693. The third kappa shape index (κ3) is 3.70. The van der Waals surface area contributed by atoms with E-state index in [-0.39, 0.29) is 24.1 Å². The number of hydrogen-bond acceptors (Lipinski definition) is 4. The molecule has 0 atom stereocenters. The molecule has 1 aliphatic rings. The summed E-state index contributed by atoms with van der Waals surface area (Å²) in [7, 11) is 1.73. The highest BCUT2D eigenvalue weighted by atomic mass is 16.2. The van der Waals surface area contributed by atoms with Crippen LogP contribution in [0.4, 0.5) is 0 Å². The largest absolute Gasteiger partial charge is 0.339 e. The van der Waals surface area contributed by atoms with E-state index in [4.69, 9.17) is 0 Å². The third-order valence-corrected chi connectivity index (χ3v) is 4.78. The zero-order chi connectivity index (χ0) is 17.8. The predicted molar refractivity (Wildman–Crippen MR) is 93.6 cm³/mol. The minimum atomic E-state index is -0.581. The van der Waals surface area contributed by atoms with Crippen LogP contribution in [0.15, 0.2) is 40.2 Å². The summed E-state index contributed by atoms with van der Waals surface area (Å²) in [6, 6.07) is 5.43. The molecule has 2 aromatic rings. The summed E-state index contributed by atoms with van der Waals surface area (Å²) in [5.41, 5.74) is -0.557. The number of H-pyrrole nitrogens is 1. The molecule has 0 radical (unpaired) electrons. The fourth-order valence-electron chi connectivity index (χ4n) is 3.29. The molecule has 7 heteroatoms. The number of rotatable bonds is 4. The maximum atomic E-state index is 12.8. The number of carbonyl (C=O) groups is 1. The Labute approximate surface area is 145 Å². The molecule has 1 amide bonds. The minimum absolute atomic E-state index is 0.0106. The molecule has 0 bridgehead atoms. The van der Waals surface area contributed by atoms with Crippen molar-refractivity contribution in [3.63, 3.8) is 0 Å². The molecule has 0 saturated heterocycles. The van der Waals surface area contributed by atoms with Crippen LogP contribution in [0.25, 0.3) is 0 Å². The number of nitrogens with one attached hydrogen (secondary N) is 1. The van der Waals surface area contributed by atoms with Gasteiger partial charge in [0.25, 0.3) is 11.5 Å². The second-order valence-electron chi connectivity index (χ2n) is 6.43. The number of aromatic nitrogens is 3. The molecule has 1 saturated carbocycles. The molecule has 7 nitrogen and oxygen atoms in total. The van der Waals surface area contributed by atoms with Crippen molar-refractivity contribution in [2.24, 2.45) is 0 Å². The summed E-state index contributed by atoms with van der Waals surface area (Å²) in [6.45, 7) is 0.0310. The highest BCUT2D eigenvalue weighted by molar-refractivity contribution is 5.93. The van der Waals surface area contributed by atoms with Crippen molar-refractivity contribution in [3.8, 4) is 0 Å². The molecule has 3 rings (SSSR count). The minimum Gasteiger partial charge on any atom is -0.339 e. The average Bonchev–Trinajstić information content (AvgIpc) is 2.65. The quantitative estimate of drug-likeness (QED) is 0.909. The van der Waals surface area contributed by atoms with Gasteiger partial charge in [-0.25, -0.2) is 4.79 Å². The van der Waals surface area contributed by atoms with Gasteiger partial charge in [0.1, 0.15) is 5.56 Å². The normalized spacial score (nSPS) is 15.1. The first-order valence-corrected chi connectivity index (χ1v) is 8.57. The number of pyridine rings is 1. The van der Waals surface area contributed by atoms with Crippen LogP contribution >= 0.6 is 0 Å². The highest BCUT2D eigenvalue weighted by Gasteiger charge is 2.25. The fraction of sp³-hybridized carbons (Fsp3) is 0.444. The van der Waals surface area contributed by atoms with E-state index in [1.807, 2.05) is 0 Å². The predicted octanol–water partition coefficient (Wildman–Crippen LogP) is 1.38. The van der Waals surface area contributed by atoms with E-state index in [0.717, 1.165) is 30.3 Å². The van der Waals surface area contributed by atoms with E-state index in [1.54, 1.807) is 36.3 Å². The molecule has 0 spiro atoms. The Morgan fingerprint density at radius 1 is 1.28 bits per heavy atom. The van der Waals surface area contributed by atoms with Crippen molar-refractivity contribution in [1.29, 1.82) is 0 Å². The summed E-state index contributed by atoms with van der Waals surface area (Å²) < 4.78 is 1.02.